The smallest absolute Gasteiger partial charge is 0.321 e. The molecule has 2 fully saturated rings. The second kappa shape index (κ2) is 9.56. The average molecular weight is 458 g/mol. The summed E-state index contributed by atoms with van der Waals surface area (Å²) in [7, 11) is -2.21. The molecule has 1 saturated heterocycles. The van der Waals surface area contributed by atoms with Crippen LogP contribution in [0.25, 0.3) is 0 Å². The maximum atomic E-state index is 13.0. The molecule has 8 nitrogen and oxygen atoms in total. The van der Waals surface area contributed by atoms with Crippen LogP contribution in [0.15, 0.2) is 53.6 Å². The zero-order valence-corrected chi connectivity index (χ0v) is 19.3. The van der Waals surface area contributed by atoms with E-state index in [4.69, 9.17) is 0 Å². The highest BCUT2D eigenvalue weighted by atomic mass is 32.2. The molecule has 32 heavy (non-hydrogen) atoms. The Balaban J connectivity index is 1.45. The minimum absolute atomic E-state index is 0.00183. The Morgan fingerprint density at radius 3 is 2.47 bits per heavy atom. The van der Waals surface area contributed by atoms with Crippen molar-refractivity contribution in [1.29, 1.82) is 0 Å². The van der Waals surface area contributed by atoms with E-state index < -0.39 is 10.0 Å². The molecule has 1 aliphatic heterocycles. The number of nitrogens with one attached hydrogen (secondary N) is 2. The van der Waals surface area contributed by atoms with Gasteiger partial charge in [-0.2, -0.15) is 0 Å². The normalized spacial score (nSPS) is 19.1. The average Bonchev–Trinajstić information content (AvgIpc) is 2.82. The molecule has 2 aromatic rings. The van der Waals surface area contributed by atoms with E-state index in [2.05, 4.69) is 44.2 Å². The van der Waals surface area contributed by atoms with Gasteiger partial charge in [0.1, 0.15) is 10.7 Å². The van der Waals surface area contributed by atoms with E-state index in [1.807, 2.05) is 11.0 Å². The fraction of sp³-hybridized carbons (Fsp3) is 0.478. The van der Waals surface area contributed by atoms with Gasteiger partial charge in [0.05, 0.1) is 0 Å². The van der Waals surface area contributed by atoms with E-state index >= 15 is 0 Å². The fourth-order valence-electron chi connectivity index (χ4n) is 4.84. The number of aromatic nitrogens is 1. The summed E-state index contributed by atoms with van der Waals surface area (Å²) in [6, 6.07) is 13.3. The predicted octanol–water partition coefficient (Wildman–Crippen LogP) is 3.04. The summed E-state index contributed by atoms with van der Waals surface area (Å²) in [5.74, 6) is 0.342. The molecule has 2 aliphatic rings. The van der Waals surface area contributed by atoms with Gasteiger partial charge in [-0.05, 0) is 37.6 Å². The molecule has 2 amide bonds. The number of benzene rings is 1. The summed E-state index contributed by atoms with van der Waals surface area (Å²) in [5, 5.41) is 2.84. The Labute approximate surface area is 190 Å². The zero-order valence-electron chi connectivity index (χ0n) is 18.5. The van der Waals surface area contributed by atoms with Crippen LogP contribution in [-0.4, -0.2) is 61.5 Å². The van der Waals surface area contributed by atoms with Crippen LogP contribution in [0.3, 0.4) is 0 Å². The first-order valence-corrected chi connectivity index (χ1v) is 12.6. The number of rotatable bonds is 5. The van der Waals surface area contributed by atoms with Gasteiger partial charge in [-0.15, -0.1) is 0 Å². The Morgan fingerprint density at radius 2 is 1.81 bits per heavy atom. The molecule has 9 heteroatoms. The van der Waals surface area contributed by atoms with Crippen molar-refractivity contribution in [2.24, 2.45) is 0 Å². The molecule has 4 rings (SSSR count). The molecule has 0 bridgehead atoms. The van der Waals surface area contributed by atoms with E-state index in [-0.39, 0.29) is 16.5 Å². The Kier molecular flexibility index (Phi) is 6.78. The van der Waals surface area contributed by atoms with Gasteiger partial charge in [-0.25, -0.2) is 22.9 Å². The van der Waals surface area contributed by atoms with Crippen LogP contribution in [-0.2, 0) is 16.6 Å². The molecule has 0 unspecified atom stereocenters. The van der Waals surface area contributed by atoms with Gasteiger partial charge >= 0.3 is 6.03 Å². The van der Waals surface area contributed by atoms with Crippen LogP contribution in [0.2, 0.25) is 0 Å². The van der Waals surface area contributed by atoms with Crippen LogP contribution >= 0.6 is 0 Å². The Bertz CT molecular complexity index is 1020. The minimum atomic E-state index is -3.56. The summed E-state index contributed by atoms with van der Waals surface area (Å²) in [6.07, 6.45) is 7.06. The standard InChI is InChI=1S/C23H31N5O3S/c1-24-32(30,31)20-10-11-21(25-16-20)26-22(29)27-14-15-28(17-19-8-4-2-5-9-19)23(18-27)12-6-3-7-13-23/h2,4-5,8-11,16,24H,3,6-7,12-15,17-18H2,1H3,(H,25,26,29). The summed E-state index contributed by atoms with van der Waals surface area (Å²) in [6.45, 7) is 3.07. The molecule has 172 valence electrons. The topological polar surface area (TPSA) is 94.6 Å². The zero-order chi connectivity index (χ0) is 22.6. The number of urea groups is 1. The number of anilines is 1. The second-order valence-corrected chi connectivity index (χ2v) is 10.5. The van der Waals surface area contributed by atoms with Gasteiger partial charge in [-0.3, -0.25) is 10.2 Å². The second-order valence-electron chi connectivity index (χ2n) is 8.63. The van der Waals surface area contributed by atoms with Crippen molar-refractivity contribution >= 4 is 21.9 Å². The number of carbonyl (C=O) groups excluding carboxylic acids is 1. The fourth-order valence-corrected chi connectivity index (χ4v) is 5.52. The quantitative estimate of drug-likeness (QED) is 0.720. The van der Waals surface area contributed by atoms with Crippen LogP contribution in [0.4, 0.5) is 10.6 Å². The Hall–Kier alpha value is -2.49. The van der Waals surface area contributed by atoms with E-state index in [0.717, 1.165) is 25.9 Å². The number of piperazine rings is 1. The Morgan fingerprint density at radius 1 is 1.06 bits per heavy atom. The van der Waals surface area contributed by atoms with Crippen molar-refractivity contribution in [3.63, 3.8) is 0 Å². The molecular weight excluding hydrogens is 426 g/mol. The highest BCUT2D eigenvalue weighted by Gasteiger charge is 2.43. The lowest BCUT2D eigenvalue weighted by Crippen LogP contribution is -2.64. The van der Waals surface area contributed by atoms with Gasteiger partial charge in [0.25, 0.3) is 0 Å². The lowest BCUT2D eigenvalue weighted by atomic mass is 9.78. The number of pyridine rings is 1. The molecule has 1 aromatic heterocycles. The third-order valence-electron chi connectivity index (χ3n) is 6.63. The van der Waals surface area contributed by atoms with Gasteiger partial charge in [0, 0.05) is 37.9 Å². The van der Waals surface area contributed by atoms with Crippen molar-refractivity contribution in [1.82, 2.24) is 19.5 Å². The molecule has 1 saturated carbocycles. The third kappa shape index (κ3) is 4.95. The van der Waals surface area contributed by atoms with Crippen molar-refractivity contribution in [2.45, 2.75) is 49.1 Å². The van der Waals surface area contributed by atoms with E-state index in [1.54, 1.807) is 0 Å². The summed E-state index contributed by atoms with van der Waals surface area (Å²) in [5.41, 5.74) is 1.30. The SMILES string of the molecule is CNS(=O)(=O)c1ccc(NC(=O)N2CCN(Cc3ccccc3)C3(CCCCC3)C2)nc1. The van der Waals surface area contributed by atoms with E-state index in [1.165, 1.54) is 50.2 Å². The van der Waals surface area contributed by atoms with Crippen molar-refractivity contribution in [2.75, 3.05) is 32.0 Å². The maximum absolute atomic E-state index is 13.0. The molecule has 0 atom stereocenters. The maximum Gasteiger partial charge on any atom is 0.323 e. The van der Waals surface area contributed by atoms with Crippen LogP contribution in [0.1, 0.15) is 37.7 Å². The van der Waals surface area contributed by atoms with Crippen molar-refractivity contribution in [3.05, 3.63) is 54.2 Å². The van der Waals surface area contributed by atoms with Crippen molar-refractivity contribution in [3.8, 4) is 0 Å². The van der Waals surface area contributed by atoms with Crippen molar-refractivity contribution < 1.29 is 13.2 Å². The number of hydrogen-bond acceptors (Lipinski definition) is 5. The third-order valence-corrected chi connectivity index (χ3v) is 8.03. The lowest BCUT2D eigenvalue weighted by molar-refractivity contribution is -0.0168. The molecule has 1 aromatic carbocycles. The van der Waals surface area contributed by atoms with Gasteiger partial charge in [-0.1, -0.05) is 49.6 Å². The van der Waals surface area contributed by atoms with Gasteiger partial charge in [0.2, 0.25) is 10.0 Å². The lowest BCUT2D eigenvalue weighted by Gasteiger charge is -2.53. The molecule has 2 N–H and O–H groups in total. The first-order chi connectivity index (χ1) is 15.4. The van der Waals surface area contributed by atoms with Gasteiger partial charge in [0.15, 0.2) is 0 Å². The van der Waals surface area contributed by atoms with E-state index in [0.29, 0.717) is 18.9 Å². The number of carbonyl (C=O) groups is 1. The number of sulfonamides is 1. The first kappa shape index (κ1) is 22.7. The summed E-state index contributed by atoms with van der Waals surface area (Å²) < 4.78 is 26.0. The molecule has 2 heterocycles. The number of hydrogen-bond donors (Lipinski definition) is 2. The summed E-state index contributed by atoms with van der Waals surface area (Å²) in [4.78, 5) is 21.7. The van der Waals surface area contributed by atoms with Crippen LogP contribution < -0.4 is 10.0 Å². The molecule has 1 spiro atoms. The molecular formula is C23H31N5O3S. The minimum Gasteiger partial charge on any atom is -0.321 e. The van der Waals surface area contributed by atoms with Gasteiger partial charge < -0.3 is 4.90 Å². The highest BCUT2D eigenvalue weighted by Crippen LogP contribution is 2.37. The van der Waals surface area contributed by atoms with Crippen LogP contribution in [0, 0.1) is 0 Å². The predicted molar refractivity (Wildman–Crippen MR) is 124 cm³/mol. The largest absolute Gasteiger partial charge is 0.323 e. The monoisotopic (exact) mass is 457 g/mol. The number of nitrogens with zero attached hydrogens (tertiary/aromatic N) is 3. The highest BCUT2D eigenvalue weighted by molar-refractivity contribution is 7.89. The first-order valence-electron chi connectivity index (χ1n) is 11.2. The van der Waals surface area contributed by atoms with E-state index in [9.17, 15) is 13.2 Å². The van der Waals surface area contributed by atoms with Crippen LogP contribution in [0.5, 0.6) is 0 Å². The molecule has 1 aliphatic carbocycles. The number of amides is 2. The molecule has 0 radical (unpaired) electrons. The summed E-state index contributed by atoms with van der Waals surface area (Å²) >= 11 is 0.